The van der Waals surface area contributed by atoms with Crippen LogP contribution < -0.4 is 0 Å². The first-order valence-electron chi connectivity index (χ1n) is 6.63. The molecule has 21 heavy (non-hydrogen) atoms. The monoisotopic (exact) mass is 333 g/mol. The molecule has 0 fully saturated rings. The zero-order chi connectivity index (χ0) is 14.7. The van der Waals surface area contributed by atoms with Crippen molar-refractivity contribution in [1.82, 2.24) is 0 Å². The fraction of sp³-hybridized carbons (Fsp3) is 0. The SMILES string of the molecule is N#CC(=Cc1cccc2ccccc12)c1ccc(Br)cc1. The van der Waals surface area contributed by atoms with E-state index in [9.17, 15) is 5.26 Å². The fourth-order valence-corrected chi connectivity index (χ4v) is 2.61. The van der Waals surface area contributed by atoms with Crippen molar-refractivity contribution >= 4 is 38.4 Å². The lowest BCUT2D eigenvalue weighted by Crippen LogP contribution is -1.83. The van der Waals surface area contributed by atoms with Crippen LogP contribution in [0.4, 0.5) is 0 Å². The first-order valence-corrected chi connectivity index (χ1v) is 7.43. The summed E-state index contributed by atoms with van der Waals surface area (Å²) in [5.74, 6) is 0. The summed E-state index contributed by atoms with van der Waals surface area (Å²) >= 11 is 3.41. The van der Waals surface area contributed by atoms with Crippen LogP contribution in [0.2, 0.25) is 0 Å². The average molecular weight is 334 g/mol. The Labute approximate surface area is 132 Å². The molecule has 3 aromatic rings. The van der Waals surface area contributed by atoms with Crippen LogP contribution >= 0.6 is 15.9 Å². The number of rotatable bonds is 2. The molecule has 0 unspecified atom stereocenters. The molecular formula is C19H12BrN. The van der Waals surface area contributed by atoms with E-state index in [4.69, 9.17) is 0 Å². The third-order valence-corrected chi connectivity index (χ3v) is 3.93. The average Bonchev–Trinajstić information content (AvgIpc) is 2.54. The van der Waals surface area contributed by atoms with Gasteiger partial charge in [-0.05, 0) is 40.1 Å². The fourth-order valence-electron chi connectivity index (χ4n) is 2.34. The van der Waals surface area contributed by atoms with Crippen molar-refractivity contribution in [1.29, 1.82) is 5.26 Å². The number of hydrogen-bond acceptors (Lipinski definition) is 1. The summed E-state index contributed by atoms with van der Waals surface area (Å²) in [6.07, 6.45) is 1.95. The van der Waals surface area contributed by atoms with Crippen LogP contribution in [0, 0.1) is 11.3 Å². The second-order valence-corrected chi connectivity index (χ2v) is 5.66. The Kier molecular flexibility index (Phi) is 3.85. The summed E-state index contributed by atoms with van der Waals surface area (Å²) in [6, 6.07) is 24.4. The van der Waals surface area contributed by atoms with Gasteiger partial charge >= 0.3 is 0 Å². The molecule has 0 saturated carbocycles. The summed E-state index contributed by atoms with van der Waals surface area (Å²) in [5.41, 5.74) is 2.65. The molecule has 0 heterocycles. The molecule has 100 valence electrons. The van der Waals surface area contributed by atoms with E-state index in [0.29, 0.717) is 5.57 Å². The normalized spacial score (nSPS) is 11.3. The molecule has 0 aliphatic carbocycles. The number of fused-ring (bicyclic) bond motifs is 1. The van der Waals surface area contributed by atoms with Crippen molar-refractivity contribution in [2.45, 2.75) is 0 Å². The Balaban J connectivity index is 2.13. The molecule has 1 nitrogen and oxygen atoms in total. The van der Waals surface area contributed by atoms with Crippen molar-refractivity contribution in [3.63, 3.8) is 0 Å². The molecule has 0 aliphatic rings. The summed E-state index contributed by atoms with van der Waals surface area (Å²) in [5, 5.41) is 11.8. The van der Waals surface area contributed by atoms with E-state index < -0.39 is 0 Å². The van der Waals surface area contributed by atoms with Crippen molar-refractivity contribution in [2.24, 2.45) is 0 Å². The quantitative estimate of drug-likeness (QED) is 0.438. The van der Waals surface area contributed by atoms with Gasteiger partial charge in [0.2, 0.25) is 0 Å². The molecule has 2 heteroatoms. The predicted molar refractivity (Wildman–Crippen MR) is 91.6 cm³/mol. The lowest BCUT2D eigenvalue weighted by atomic mass is 10.00. The van der Waals surface area contributed by atoms with Gasteiger partial charge in [0, 0.05) is 4.47 Å². The molecule has 3 aromatic carbocycles. The maximum Gasteiger partial charge on any atom is 0.0998 e. The van der Waals surface area contributed by atoms with Gasteiger partial charge in [-0.3, -0.25) is 0 Å². The molecule has 0 spiro atoms. The van der Waals surface area contributed by atoms with E-state index in [1.54, 1.807) is 0 Å². The standard InChI is InChI=1S/C19H12BrN/c20-18-10-8-14(9-11-18)17(13-21)12-16-6-3-5-15-4-1-2-7-19(15)16/h1-12H. The molecule has 0 radical (unpaired) electrons. The Morgan fingerprint density at radius 3 is 2.38 bits per heavy atom. The highest BCUT2D eigenvalue weighted by molar-refractivity contribution is 9.10. The van der Waals surface area contributed by atoms with Gasteiger partial charge in [0.1, 0.15) is 0 Å². The number of benzene rings is 3. The summed E-state index contributed by atoms with van der Waals surface area (Å²) in [6.45, 7) is 0. The lowest BCUT2D eigenvalue weighted by molar-refractivity contribution is 1.52. The van der Waals surface area contributed by atoms with Gasteiger partial charge < -0.3 is 0 Å². The minimum atomic E-state index is 0.666. The van der Waals surface area contributed by atoms with E-state index in [-0.39, 0.29) is 0 Å². The minimum Gasteiger partial charge on any atom is -0.192 e. The molecule has 0 bridgehead atoms. The number of nitriles is 1. The highest BCUT2D eigenvalue weighted by Crippen LogP contribution is 2.24. The molecular weight excluding hydrogens is 322 g/mol. The van der Waals surface area contributed by atoms with Crippen LogP contribution in [-0.2, 0) is 0 Å². The Bertz CT molecular complexity index is 849. The summed E-state index contributed by atoms with van der Waals surface area (Å²) in [4.78, 5) is 0. The van der Waals surface area contributed by atoms with Gasteiger partial charge in [0.25, 0.3) is 0 Å². The molecule has 0 aromatic heterocycles. The lowest BCUT2D eigenvalue weighted by Gasteiger charge is -2.04. The highest BCUT2D eigenvalue weighted by Gasteiger charge is 2.03. The molecule has 0 saturated heterocycles. The van der Waals surface area contributed by atoms with Crippen LogP contribution in [0.15, 0.2) is 71.2 Å². The maximum absolute atomic E-state index is 9.45. The van der Waals surface area contributed by atoms with Crippen LogP contribution in [0.25, 0.3) is 22.4 Å². The molecule has 0 N–H and O–H groups in total. The molecule has 3 rings (SSSR count). The molecule has 0 amide bonds. The highest BCUT2D eigenvalue weighted by atomic mass is 79.9. The van der Waals surface area contributed by atoms with Crippen molar-refractivity contribution < 1.29 is 0 Å². The van der Waals surface area contributed by atoms with E-state index in [1.807, 2.05) is 54.6 Å². The van der Waals surface area contributed by atoms with Crippen molar-refractivity contribution in [2.75, 3.05) is 0 Å². The number of allylic oxidation sites excluding steroid dienone is 1. The molecule has 0 aliphatic heterocycles. The largest absolute Gasteiger partial charge is 0.192 e. The van der Waals surface area contributed by atoms with E-state index in [0.717, 1.165) is 21.0 Å². The van der Waals surface area contributed by atoms with Gasteiger partial charge in [0.05, 0.1) is 11.6 Å². The van der Waals surface area contributed by atoms with Crippen LogP contribution in [0.5, 0.6) is 0 Å². The second-order valence-electron chi connectivity index (χ2n) is 4.75. The number of hydrogen-bond donors (Lipinski definition) is 0. The van der Waals surface area contributed by atoms with E-state index >= 15 is 0 Å². The summed E-state index contributed by atoms with van der Waals surface area (Å²) in [7, 11) is 0. The first kappa shape index (κ1) is 13.6. The Hall–Kier alpha value is -2.37. The summed E-state index contributed by atoms with van der Waals surface area (Å²) < 4.78 is 1.01. The zero-order valence-corrected chi connectivity index (χ0v) is 12.8. The smallest absolute Gasteiger partial charge is 0.0998 e. The number of nitrogens with zero attached hydrogens (tertiary/aromatic N) is 1. The first-order chi connectivity index (χ1) is 10.3. The third kappa shape index (κ3) is 2.89. The van der Waals surface area contributed by atoms with Gasteiger partial charge in [-0.25, -0.2) is 0 Å². The van der Waals surface area contributed by atoms with Crippen LogP contribution in [-0.4, -0.2) is 0 Å². The van der Waals surface area contributed by atoms with Gasteiger partial charge in [-0.2, -0.15) is 5.26 Å². The van der Waals surface area contributed by atoms with E-state index in [1.165, 1.54) is 5.39 Å². The predicted octanol–water partition coefficient (Wildman–Crippen LogP) is 5.67. The van der Waals surface area contributed by atoms with Crippen LogP contribution in [0.1, 0.15) is 11.1 Å². The Morgan fingerprint density at radius 1 is 0.905 bits per heavy atom. The second kappa shape index (κ2) is 5.95. The van der Waals surface area contributed by atoms with E-state index in [2.05, 4.69) is 40.2 Å². The number of halogens is 1. The molecule has 0 atom stereocenters. The van der Waals surface area contributed by atoms with Crippen molar-refractivity contribution in [3.8, 4) is 6.07 Å². The minimum absolute atomic E-state index is 0.666. The van der Waals surface area contributed by atoms with Crippen LogP contribution in [0.3, 0.4) is 0 Å². The Morgan fingerprint density at radius 2 is 1.62 bits per heavy atom. The topological polar surface area (TPSA) is 23.8 Å². The van der Waals surface area contributed by atoms with Gasteiger partial charge in [-0.15, -0.1) is 0 Å². The third-order valence-electron chi connectivity index (χ3n) is 3.40. The van der Waals surface area contributed by atoms with Crippen molar-refractivity contribution in [3.05, 3.63) is 82.3 Å². The van der Waals surface area contributed by atoms with Gasteiger partial charge in [0.15, 0.2) is 0 Å². The maximum atomic E-state index is 9.45. The zero-order valence-electron chi connectivity index (χ0n) is 11.3. The van der Waals surface area contributed by atoms with Gasteiger partial charge in [-0.1, -0.05) is 70.5 Å².